The number of urea groups is 1. The number of aromatic nitrogens is 1. The highest BCUT2D eigenvalue weighted by molar-refractivity contribution is 5.77. The second kappa shape index (κ2) is 4.70. The molecule has 0 radical (unpaired) electrons. The van der Waals surface area contributed by atoms with Crippen molar-refractivity contribution in [3.63, 3.8) is 0 Å². The lowest BCUT2D eigenvalue weighted by molar-refractivity contribution is 0.0771. The van der Waals surface area contributed by atoms with Crippen molar-refractivity contribution in [2.45, 2.75) is 45.3 Å². The molecule has 2 atom stereocenters. The Morgan fingerprint density at radius 1 is 1.29 bits per heavy atom. The van der Waals surface area contributed by atoms with E-state index in [1.807, 2.05) is 16.7 Å². The second-order valence-corrected chi connectivity index (χ2v) is 6.37. The van der Waals surface area contributed by atoms with Gasteiger partial charge in [-0.3, -0.25) is 4.98 Å². The maximum absolute atomic E-state index is 12.8. The molecule has 1 aromatic heterocycles. The summed E-state index contributed by atoms with van der Waals surface area (Å²) in [6.07, 6.45) is 1.94. The Morgan fingerprint density at radius 2 is 2.14 bits per heavy atom. The van der Waals surface area contributed by atoms with E-state index in [2.05, 4.69) is 13.0 Å². The van der Waals surface area contributed by atoms with Crippen LogP contribution in [-0.2, 0) is 11.3 Å². The zero-order chi connectivity index (χ0) is 14.6. The van der Waals surface area contributed by atoms with Crippen LogP contribution in [0, 0.1) is 13.8 Å². The van der Waals surface area contributed by atoms with E-state index in [0.29, 0.717) is 13.2 Å². The van der Waals surface area contributed by atoms with Crippen LogP contribution in [0.1, 0.15) is 41.4 Å². The largest absolute Gasteiger partial charge is 0.379 e. The molecule has 0 N–H and O–H groups in total. The Bertz CT molecular complexity index is 595. The summed E-state index contributed by atoms with van der Waals surface area (Å²) in [5.41, 5.74) is 4.69. The van der Waals surface area contributed by atoms with E-state index >= 15 is 0 Å². The van der Waals surface area contributed by atoms with E-state index in [-0.39, 0.29) is 18.1 Å². The zero-order valence-corrected chi connectivity index (χ0v) is 12.6. The first-order valence-electron chi connectivity index (χ1n) is 7.77. The van der Waals surface area contributed by atoms with Crippen LogP contribution in [0.15, 0.2) is 6.07 Å². The Balaban J connectivity index is 1.64. The lowest BCUT2D eigenvalue weighted by Gasteiger charge is -2.40. The average molecular weight is 287 g/mol. The van der Waals surface area contributed by atoms with Crippen LogP contribution in [0.3, 0.4) is 0 Å². The normalized spacial score (nSPS) is 28.0. The molecule has 5 heteroatoms. The average Bonchev–Trinajstić information content (AvgIpc) is 3.07. The summed E-state index contributed by atoms with van der Waals surface area (Å²) in [7, 11) is 0. The van der Waals surface area contributed by atoms with Gasteiger partial charge in [0.15, 0.2) is 0 Å². The van der Waals surface area contributed by atoms with Gasteiger partial charge in [0.25, 0.3) is 0 Å². The third kappa shape index (κ3) is 1.94. The first-order valence-corrected chi connectivity index (χ1v) is 7.77. The van der Waals surface area contributed by atoms with Crippen LogP contribution in [0.4, 0.5) is 4.79 Å². The predicted octanol–water partition coefficient (Wildman–Crippen LogP) is 2.17. The SMILES string of the molecule is Cc1cc(C)c2c(n1)C1CCN([C@H]3CCOC3)C(=O)N1C2. The van der Waals surface area contributed by atoms with Crippen molar-refractivity contribution < 1.29 is 9.53 Å². The quantitative estimate of drug-likeness (QED) is 0.795. The van der Waals surface area contributed by atoms with Gasteiger partial charge in [-0.15, -0.1) is 0 Å². The molecule has 0 aliphatic carbocycles. The molecule has 112 valence electrons. The molecule has 2 amide bonds. The Morgan fingerprint density at radius 3 is 2.90 bits per heavy atom. The summed E-state index contributed by atoms with van der Waals surface area (Å²) in [5.74, 6) is 0. The standard InChI is InChI=1S/C16H21N3O2/c1-10-7-11(2)17-15-13(10)8-19-14(15)3-5-18(16(19)20)12-4-6-21-9-12/h7,12,14H,3-6,8-9H2,1-2H3/t12-,14?/m0/s1. The maximum atomic E-state index is 12.8. The van der Waals surface area contributed by atoms with Gasteiger partial charge in [-0.05, 0) is 43.9 Å². The van der Waals surface area contributed by atoms with Gasteiger partial charge in [0.05, 0.1) is 30.9 Å². The summed E-state index contributed by atoms with van der Waals surface area (Å²) in [5, 5.41) is 0. The molecule has 2 saturated heterocycles. The number of ether oxygens (including phenoxy) is 1. The minimum atomic E-state index is 0.164. The van der Waals surface area contributed by atoms with E-state index in [1.165, 1.54) is 11.1 Å². The molecule has 3 aliphatic heterocycles. The van der Waals surface area contributed by atoms with Gasteiger partial charge in [0.1, 0.15) is 0 Å². The van der Waals surface area contributed by atoms with E-state index in [4.69, 9.17) is 9.72 Å². The minimum absolute atomic E-state index is 0.164. The number of rotatable bonds is 1. The second-order valence-electron chi connectivity index (χ2n) is 6.37. The molecule has 21 heavy (non-hydrogen) atoms. The number of amides is 2. The number of carbonyl (C=O) groups excluding carboxylic acids is 1. The van der Waals surface area contributed by atoms with Crippen molar-refractivity contribution >= 4 is 6.03 Å². The van der Waals surface area contributed by atoms with Crippen molar-refractivity contribution in [1.82, 2.24) is 14.8 Å². The molecule has 4 rings (SSSR count). The monoisotopic (exact) mass is 287 g/mol. The lowest BCUT2D eigenvalue weighted by Crippen LogP contribution is -2.52. The number of hydrogen-bond donors (Lipinski definition) is 0. The topological polar surface area (TPSA) is 45.7 Å². The number of hydrogen-bond acceptors (Lipinski definition) is 3. The molecule has 0 bridgehead atoms. The van der Waals surface area contributed by atoms with Crippen LogP contribution in [0.25, 0.3) is 0 Å². The maximum Gasteiger partial charge on any atom is 0.321 e. The summed E-state index contributed by atoms with van der Waals surface area (Å²) < 4.78 is 5.44. The van der Waals surface area contributed by atoms with Gasteiger partial charge >= 0.3 is 6.03 Å². The summed E-state index contributed by atoms with van der Waals surface area (Å²) in [4.78, 5) is 21.6. The molecule has 4 heterocycles. The van der Waals surface area contributed by atoms with Gasteiger partial charge < -0.3 is 14.5 Å². The Labute approximate surface area is 124 Å². The molecule has 1 unspecified atom stereocenters. The summed E-state index contributed by atoms with van der Waals surface area (Å²) in [6.45, 7) is 7.15. The number of nitrogens with zero attached hydrogens (tertiary/aromatic N) is 3. The van der Waals surface area contributed by atoms with E-state index < -0.39 is 0 Å². The smallest absolute Gasteiger partial charge is 0.321 e. The van der Waals surface area contributed by atoms with Crippen LogP contribution >= 0.6 is 0 Å². The molecule has 3 aliphatic rings. The number of aryl methyl sites for hydroxylation is 2. The highest BCUT2D eigenvalue weighted by Crippen LogP contribution is 2.40. The van der Waals surface area contributed by atoms with Crippen molar-refractivity contribution in [2.24, 2.45) is 0 Å². The molecule has 0 saturated carbocycles. The molecule has 2 fully saturated rings. The number of carbonyl (C=O) groups is 1. The van der Waals surface area contributed by atoms with Gasteiger partial charge in [-0.1, -0.05) is 0 Å². The Kier molecular flexibility index (Phi) is 2.92. The summed E-state index contributed by atoms with van der Waals surface area (Å²) in [6, 6.07) is 2.71. The molecule has 0 aromatic carbocycles. The first kappa shape index (κ1) is 13.1. The van der Waals surface area contributed by atoms with Gasteiger partial charge in [-0.2, -0.15) is 0 Å². The van der Waals surface area contributed by atoms with Crippen LogP contribution < -0.4 is 0 Å². The van der Waals surface area contributed by atoms with Crippen LogP contribution in [0.2, 0.25) is 0 Å². The molecule has 0 spiro atoms. The van der Waals surface area contributed by atoms with Gasteiger partial charge in [-0.25, -0.2) is 4.79 Å². The fraction of sp³-hybridized carbons (Fsp3) is 0.625. The molecular weight excluding hydrogens is 266 g/mol. The van der Waals surface area contributed by atoms with E-state index in [1.54, 1.807) is 0 Å². The predicted molar refractivity (Wildman–Crippen MR) is 77.9 cm³/mol. The third-order valence-electron chi connectivity index (χ3n) is 5.01. The fourth-order valence-electron chi connectivity index (χ4n) is 3.92. The number of pyridine rings is 1. The lowest BCUT2D eigenvalue weighted by atomic mass is 10.0. The molecular formula is C16H21N3O2. The van der Waals surface area contributed by atoms with Crippen LogP contribution in [0.5, 0.6) is 0 Å². The van der Waals surface area contributed by atoms with Crippen LogP contribution in [-0.4, -0.2) is 46.6 Å². The third-order valence-corrected chi connectivity index (χ3v) is 5.01. The summed E-state index contributed by atoms with van der Waals surface area (Å²) >= 11 is 0. The minimum Gasteiger partial charge on any atom is -0.379 e. The highest BCUT2D eigenvalue weighted by atomic mass is 16.5. The highest BCUT2D eigenvalue weighted by Gasteiger charge is 2.43. The van der Waals surface area contributed by atoms with E-state index in [0.717, 1.165) is 37.4 Å². The van der Waals surface area contributed by atoms with Crippen molar-refractivity contribution in [3.05, 3.63) is 28.6 Å². The first-order chi connectivity index (χ1) is 10.1. The fourth-order valence-corrected chi connectivity index (χ4v) is 3.92. The van der Waals surface area contributed by atoms with E-state index in [9.17, 15) is 4.79 Å². The van der Waals surface area contributed by atoms with Gasteiger partial charge in [0.2, 0.25) is 0 Å². The zero-order valence-electron chi connectivity index (χ0n) is 12.6. The van der Waals surface area contributed by atoms with Crippen molar-refractivity contribution in [1.29, 1.82) is 0 Å². The van der Waals surface area contributed by atoms with Crippen molar-refractivity contribution in [3.8, 4) is 0 Å². The van der Waals surface area contributed by atoms with Gasteiger partial charge in [0, 0.05) is 18.8 Å². The molecule has 1 aromatic rings. The Hall–Kier alpha value is -1.62. The van der Waals surface area contributed by atoms with Crippen molar-refractivity contribution in [2.75, 3.05) is 19.8 Å². The number of fused-ring (bicyclic) bond motifs is 3. The molecule has 5 nitrogen and oxygen atoms in total.